The van der Waals surface area contributed by atoms with Crippen LogP contribution in [0.4, 0.5) is 0 Å². The molecule has 0 aromatic heterocycles. The van der Waals surface area contributed by atoms with Crippen LogP contribution >= 0.6 is 0 Å². The van der Waals surface area contributed by atoms with E-state index >= 15 is 0 Å². The summed E-state index contributed by atoms with van der Waals surface area (Å²) in [7, 11) is 0. The Balaban J connectivity index is 1.86. The summed E-state index contributed by atoms with van der Waals surface area (Å²) in [5.41, 5.74) is 11.1. The summed E-state index contributed by atoms with van der Waals surface area (Å²) >= 11 is 0. The fourth-order valence-electron chi connectivity index (χ4n) is 4.86. The van der Waals surface area contributed by atoms with Gasteiger partial charge in [0.25, 0.3) is 0 Å². The Labute approximate surface area is 216 Å². The number of benzene rings is 3. The molecule has 8 heteroatoms. The number of rotatable bonds is 12. The van der Waals surface area contributed by atoms with Gasteiger partial charge in [0.2, 0.25) is 23.6 Å². The van der Waals surface area contributed by atoms with Gasteiger partial charge in [-0.3, -0.25) is 19.2 Å². The van der Waals surface area contributed by atoms with Crippen LogP contribution in [0.5, 0.6) is 0 Å². The number of carbonyl (C=O) groups excluding carboxylic acids is 4. The standard InChI is InChI=1S/C29H34N4O4/c1-19(2)26(27(36)32-18-22-13-8-12-21-11-6-7-14-23(21)22)29(28(31)37,17-24(30)34)33-25(35)16-15-20-9-4-3-5-10-20/h3-14,19,26H,15-18H2,1-2H3,(H2,30,34)(H2,31,37)(H,32,36)(H,33,35)/t26-,29?/m1/s1. The minimum Gasteiger partial charge on any atom is -0.370 e. The highest BCUT2D eigenvalue weighted by atomic mass is 16.2. The van der Waals surface area contributed by atoms with Gasteiger partial charge in [-0.1, -0.05) is 86.6 Å². The molecule has 37 heavy (non-hydrogen) atoms. The predicted octanol–water partition coefficient (Wildman–Crippen LogP) is 2.58. The maximum atomic E-state index is 13.6. The summed E-state index contributed by atoms with van der Waals surface area (Å²) in [5.74, 6) is -4.43. The summed E-state index contributed by atoms with van der Waals surface area (Å²) in [5, 5.41) is 7.55. The Kier molecular flexibility index (Phi) is 9.00. The highest BCUT2D eigenvalue weighted by Crippen LogP contribution is 2.30. The van der Waals surface area contributed by atoms with Crippen LogP contribution in [0.3, 0.4) is 0 Å². The van der Waals surface area contributed by atoms with Crippen LogP contribution in [0.25, 0.3) is 10.8 Å². The molecule has 0 saturated heterocycles. The average molecular weight is 503 g/mol. The molecule has 4 amide bonds. The SMILES string of the molecule is CC(C)[C@H](C(=O)NCc1cccc2ccccc12)C(CC(N)=O)(NC(=O)CCc1ccccc1)C(N)=O. The molecule has 0 aliphatic carbocycles. The van der Waals surface area contributed by atoms with E-state index in [1.807, 2.05) is 72.8 Å². The third-order valence-electron chi connectivity index (χ3n) is 6.55. The zero-order chi connectivity index (χ0) is 27.0. The third-order valence-corrected chi connectivity index (χ3v) is 6.55. The molecular weight excluding hydrogens is 468 g/mol. The van der Waals surface area contributed by atoms with E-state index in [9.17, 15) is 19.2 Å². The van der Waals surface area contributed by atoms with Crippen molar-refractivity contribution in [3.63, 3.8) is 0 Å². The van der Waals surface area contributed by atoms with Gasteiger partial charge in [0.15, 0.2) is 0 Å². The maximum absolute atomic E-state index is 13.6. The summed E-state index contributed by atoms with van der Waals surface area (Å²) in [4.78, 5) is 51.5. The van der Waals surface area contributed by atoms with E-state index in [-0.39, 0.29) is 13.0 Å². The summed E-state index contributed by atoms with van der Waals surface area (Å²) < 4.78 is 0. The van der Waals surface area contributed by atoms with Gasteiger partial charge in [-0.2, -0.15) is 0 Å². The Hall–Kier alpha value is -4.20. The first-order chi connectivity index (χ1) is 17.6. The molecule has 0 fully saturated rings. The van der Waals surface area contributed by atoms with Gasteiger partial charge in [-0.05, 0) is 34.2 Å². The van der Waals surface area contributed by atoms with E-state index in [1.165, 1.54) is 0 Å². The highest BCUT2D eigenvalue weighted by Gasteiger charge is 2.51. The second-order valence-corrected chi connectivity index (χ2v) is 9.59. The van der Waals surface area contributed by atoms with Crippen molar-refractivity contribution in [2.45, 2.75) is 45.2 Å². The quantitative estimate of drug-likeness (QED) is 0.302. The number of aryl methyl sites for hydroxylation is 1. The van der Waals surface area contributed by atoms with E-state index < -0.39 is 47.4 Å². The fourth-order valence-corrected chi connectivity index (χ4v) is 4.86. The molecule has 0 heterocycles. The molecule has 1 unspecified atom stereocenters. The molecule has 8 nitrogen and oxygen atoms in total. The Morgan fingerprint density at radius 3 is 2.16 bits per heavy atom. The van der Waals surface area contributed by atoms with Gasteiger partial charge < -0.3 is 22.1 Å². The van der Waals surface area contributed by atoms with Crippen LogP contribution in [-0.4, -0.2) is 29.2 Å². The highest BCUT2D eigenvalue weighted by molar-refractivity contribution is 6.00. The summed E-state index contributed by atoms with van der Waals surface area (Å²) in [6, 6.07) is 23.0. The van der Waals surface area contributed by atoms with E-state index in [0.717, 1.165) is 21.9 Å². The van der Waals surface area contributed by atoms with Gasteiger partial charge in [0.1, 0.15) is 5.54 Å². The van der Waals surface area contributed by atoms with E-state index in [0.29, 0.717) is 6.42 Å². The van der Waals surface area contributed by atoms with Crippen molar-refractivity contribution in [2.24, 2.45) is 23.3 Å². The number of carbonyl (C=O) groups is 4. The zero-order valence-electron chi connectivity index (χ0n) is 21.2. The second-order valence-electron chi connectivity index (χ2n) is 9.59. The zero-order valence-corrected chi connectivity index (χ0v) is 21.2. The van der Waals surface area contributed by atoms with Crippen LogP contribution < -0.4 is 22.1 Å². The van der Waals surface area contributed by atoms with Crippen molar-refractivity contribution in [3.8, 4) is 0 Å². The minimum absolute atomic E-state index is 0.0419. The van der Waals surface area contributed by atoms with Crippen LogP contribution in [0.1, 0.15) is 37.8 Å². The Morgan fingerprint density at radius 2 is 1.51 bits per heavy atom. The number of amides is 4. The Bertz CT molecular complexity index is 1270. The van der Waals surface area contributed by atoms with Crippen molar-refractivity contribution < 1.29 is 19.2 Å². The molecule has 0 aliphatic heterocycles. The molecule has 0 bridgehead atoms. The van der Waals surface area contributed by atoms with Crippen molar-refractivity contribution in [1.29, 1.82) is 0 Å². The molecule has 3 aromatic carbocycles. The number of primary amides is 2. The molecule has 3 rings (SSSR count). The van der Waals surface area contributed by atoms with E-state index in [1.54, 1.807) is 13.8 Å². The number of fused-ring (bicyclic) bond motifs is 1. The maximum Gasteiger partial charge on any atom is 0.244 e. The van der Waals surface area contributed by atoms with Crippen molar-refractivity contribution in [1.82, 2.24) is 10.6 Å². The largest absolute Gasteiger partial charge is 0.370 e. The lowest BCUT2D eigenvalue weighted by atomic mass is 9.73. The van der Waals surface area contributed by atoms with Crippen LogP contribution in [0.2, 0.25) is 0 Å². The monoisotopic (exact) mass is 502 g/mol. The average Bonchev–Trinajstić information content (AvgIpc) is 2.86. The molecule has 0 saturated carbocycles. The van der Waals surface area contributed by atoms with Crippen molar-refractivity contribution in [2.75, 3.05) is 0 Å². The minimum atomic E-state index is -1.98. The lowest BCUT2D eigenvalue weighted by Gasteiger charge is -2.39. The van der Waals surface area contributed by atoms with E-state index in [2.05, 4.69) is 10.6 Å². The van der Waals surface area contributed by atoms with Gasteiger partial charge >= 0.3 is 0 Å². The summed E-state index contributed by atoms with van der Waals surface area (Å²) in [6.45, 7) is 3.66. The number of hydrogen-bond acceptors (Lipinski definition) is 4. The normalized spacial score (nSPS) is 13.5. The van der Waals surface area contributed by atoms with E-state index in [4.69, 9.17) is 11.5 Å². The fraction of sp³-hybridized carbons (Fsp3) is 0.310. The first kappa shape index (κ1) is 27.4. The molecule has 2 atom stereocenters. The van der Waals surface area contributed by atoms with Crippen molar-refractivity contribution >= 4 is 34.4 Å². The molecular formula is C29H34N4O4. The molecule has 0 aliphatic rings. The van der Waals surface area contributed by atoms with Crippen LogP contribution in [-0.2, 0) is 32.1 Å². The Morgan fingerprint density at radius 1 is 0.865 bits per heavy atom. The van der Waals surface area contributed by atoms with Crippen LogP contribution in [0.15, 0.2) is 72.8 Å². The molecule has 0 spiro atoms. The topological polar surface area (TPSA) is 144 Å². The molecule has 6 N–H and O–H groups in total. The third kappa shape index (κ3) is 6.73. The van der Waals surface area contributed by atoms with Gasteiger partial charge in [-0.25, -0.2) is 0 Å². The second kappa shape index (κ2) is 12.2. The molecule has 3 aromatic rings. The first-order valence-corrected chi connectivity index (χ1v) is 12.3. The number of nitrogens with two attached hydrogens (primary N) is 2. The number of hydrogen-bond donors (Lipinski definition) is 4. The van der Waals surface area contributed by atoms with Crippen molar-refractivity contribution in [3.05, 3.63) is 83.9 Å². The van der Waals surface area contributed by atoms with Gasteiger partial charge in [0.05, 0.1) is 12.3 Å². The first-order valence-electron chi connectivity index (χ1n) is 12.3. The molecule has 0 radical (unpaired) electrons. The summed E-state index contributed by atoms with van der Waals surface area (Å²) in [6.07, 6.45) is -0.137. The lowest BCUT2D eigenvalue weighted by Crippen LogP contribution is -2.67. The van der Waals surface area contributed by atoms with Gasteiger partial charge in [0, 0.05) is 13.0 Å². The smallest absolute Gasteiger partial charge is 0.244 e. The lowest BCUT2D eigenvalue weighted by molar-refractivity contribution is -0.144. The molecule has 194 valence electrons. The van der Waals surface area contributed by atoms with Crippen LogP contribution in [0, 0.1) is 11.8 Å². The number of nitrogens with one attached hydrogen (secondary N) is 2. The van der Waals surface area contributed by atoms with Gasteiger partial charge in [-0.15, -0.1) is 0 Å². The predicted molar refractivity (Wildman–Crippen MR) is 143 cm³/mol.